The monoisotopic (exact) mass is 230 g/mol. The fourth-order valence-corrected chi connectivity index (χ4v) is 1.55. The topological polar surface area (TPSA) is 55.1 Å². The molecule has 0 aliphatic rings. The van der Waals surface area contributed by atoms with Crippen molar-refractivity contribution in [1.29, 1.82) is 0 Å². The summed E-state index contributed by atoms with van der Waals surface area (Å²) in [6.07, 6.45) is 3.39. The summed E-state index contributed by atoms with van der Waals surface area (Å²) >= 11 is 0. The van der Waals surface area contributed by atoms with Crippen LogP contribution in [0, 0.1) is 6.92 Å². The molecule has 0 bridgehead atoms. The van der Waals surface area contributed by atoms with Crippen molar-refractivity contribution in [3.63, 3.8) is 0 Å². The summed E-state index contributed by atoms with van der Waals surface area (Å²) < 4.78 is 1.83. The van der Waals surface area contributed by atoms with Crippen LogP contribution in [0.3, 0.4) is 0 Å². The molecule has 0 saturated carbocycles. The number of hydrogen-bond acceptors (Lipinski definition) is 2. The first-order chi connectivity index (χ1) is 8.08. The Morgan fingerprint density at radius 2 is 2.00 bits per heavy atom. The van der Waals surface area contributed by atoms with Gasteiger partial charge in [-0.3, -0.25) is 4.79 Å². The maximum Gasteiger partial charge on any atom is 0.312 e. The average molecular weight is 230 g/mol. The molecule has 1 unspecified atom stereocenters. The van der Waals surface area contributed by atoms with Crippen LogP contribution in [0.1, 0.15) is 24.1 Å². The van der Waals surface area contributed by atoms with E-state index in [-0.39, 0.29) is 0 Å². The van der Waals surface area contributed by atoms with E-state index < -0.39 is 11.9 Å². The minimum atomic E-state index is -0.862. The van der Waals surface area contributed by atoms with Crippen molar-refractivity contribution < 1.29 is 9.90 Å². The maximum atomic E-state index is 10.8. The lowest BCUT2D eigenvalue weighted by Gasteiger charge is -2.02. The smallest absolute Gasteiger partial charge is 0.312 e. The Bertz CT molecular complexity index is 529. The SMILES string of the molecule is Cc1ccc(-n2cnc(C(C)C(=O)O)c2)cc1. The third-order valence-electron chi connectivity index (χ3n) is 2.75. The van der Waals surface area contributed by atoms with Gasteiger partial charge in [0.05, 0.1) is 17.9 Å². The van der Waals surface area contributed by atoms with Crippen LogP contribution < -0.4 is 0 Å². The quantitative estimate of drug-likeness (QED) is 0.880. The van der Waals surface area contributed by atoms with Gasteiger partial charge in [0.1, 0.15) is 0 Å². The van der Waals surface area contributed by atoms with Gasteiger partial charge in [0, 0.05) is 11.9 Å². The lowest BCUT2D eigenvalue weighted by molar-refractivity contribution is -0.138. The van der Waals surface area contributed by atoms with Crippen LogP contribution in [-0.4, -0.2) is 20.6 Å². The molecular formula is C13H14N2O2. The number of imidazole rings is 1. The largest absolute Gasteiger partial charge is 0.481 e. The molecule has 1 N–H and O–H groups in total. The molecule has 0 fully saturated rings. The Balaban J connectivity index is 2.29. The summed E-state index contributed by atoms with van der Waals surface area (Å²) in [5.74, 6) is -1.44. The molecule has 1 aromatic heterocycles. The first-order valence-corrected chi connectivity index (χ1v) is 5.41. The van der Waals surface area contributed by atoms with Crippen LogP contribution in [0.4, 0.5) is 0 Å². The van der Waals surface area contributed by atoms with Crippen molar-refractivity contribution >= 4 is 5.97 Å². The van der Waals surface area contributed by atoms with Crippen LogP contribution >= 0.6 is 0 Å². The predicted molar refractivity (Wildman–Crippen MR) is 64.4 cm³/mol. The molecule has 88 valence electrons. The second-order valence-corrected chi connectivity index (χ2v) is 4.10. The zero-order chi connectivity index (χ0) is 12.4. The number of hydrogen-bond donors (Lipinski definition) is 1. The molecule has 1 aromatic carbocycles. The Morgan fingerprint density at radius 1 is 1.35 bits per heavy atom. The first-order valence-electron chi connectivity index (χ1n) is 5.41. The number of aromatic nitrogens is 2. The van der Waals surface area contributed by atoms with E-state index in [1.165, 1.54) is 5.56 Å². The van der Waals surface area contributed by atoms with Gasteiger partial charge in [0.2, 0.25) is 0 Å². The molecule has 4 heteroatoms. The van der Waals surface area contributed by atoms with Gasteiger partial charge in [0.25, 0.3) is 0 Å². The summed E-state index contributed by atoms with van der Waals surface area (Å²) in [5.41, 5.74) is 2.73. The van der Waals surface area contributed by atoms with Gasteiger partial charge in [-0.2, -0.15) is 0 Å². The third kappa shape index (κ3) is 2.36. The molecule has 0 aliphatic heterocycles. The zero-order valence-corrected chi connectivity index (χ0v) is 9.79. The van der Waals surface area contributed by atoms with Gasteiger partial charge in [-0.1, -0.05) is 17.7 Å². The molecule has 1 atom stereocenters. The molecule has 2 aromatic rings. The number of benzene rings is 1. The number of aryl methyl sites for hydroxylation is 1. The van der Waals surface area contributed by atoms with E-state index in [1.54, 1.807) is 19.4 Å². The van der Waals surface area contributed by atoms with Crippen LogP contribution in [-0.2, 0) is 4.79 Å². The van der Waals surface area contributed by atoms with Crippen LogP contribution in [0.5, 0.6) is 0 Å². The molecule has 0 radical (unpaired) electrons. The minimum absolute atomic E-state index is 0.568. The van der Waals surface area contributed by atoms with Gasteiger partial charge in [0.15, 0.2) is 0 Å². The standard InChI is InChI=1S/C13H14N2O2/c1-9-3-5-11(6-4-9)15-7-12(14-8-15)10(2)13(16)17/h3-8,10H,1-2H3,(H,16,17). The number of carboxylic acids is 1. The van der Waals surface area contributed by atoms with Gasteiger partial charge in [-0.25, -0.2) is 4.98 Å². The number of rotatable bonds is 3. The van der Waals surface area contributed by atoms with Crippen LogP contribution in [0.15, 0.2) is 36.8 Å². The van der Waals surface area contributed by atoms with Crippen LogP contribution in [0.25, 0.3) is 5.69 Å². The first kappa shape index (κ1) is 11.4. The van der Waals surface area contributed by atoms with Crippen molar-refractivity contribution in [3.05, 3.63) is 48.0 Å². The molecule has 0 saturated heterocycles. The predicted octanol–water partition coefficient (Wildman–Crippen LogP) is 2.37. The fourth-order valence-electron chi connectivity index (χ4n) is 1.55. The van der Waals surface area contributed by atoms with E-state index in [0.717, 1.165) is 5.69 Å². The lowest BCUT2D eigenvalue weighted by atomic mass is 10.1. The highest BCUT2D eigenvalue weighted by molar-refractivity contribution is 5.74. The maximum absolute atomic E-state index is 10.8. The Morgan fingerprint density at radius 3 is 2.59 bits per heavy atom. The fraction of sp³-hybridized carbons (Fsp3) is 0.231. The molecule has 1 heterocycles. The second kappa shape index (κ2) is 4.41. The highest BCUT2D eigenvalue weighted by Crippen LogP contribution is 2.16. The van der Waals surface area contributed by atoms with Crippen molar-refractivity contribution in [2.75, 3.05) is 0 Å². The molecule has 17 heavy (non-hydrogen) atoms. The molecule has 0 spiro atoms. The molecule has 0 aliphatic carbocycles. The molecule has 4 nitrogen and oxygen atoms in total. The molecular weight excluding hydrogens is 216 g/mol. The average Bonchev–Trinajstić information content (AvgIpc) is 2.78. The summed E-state index contributed by atoms with van der Waals surface area (Å²) in [5, 5.41) is 8.90. The zero-order valence-electron chi connectivity index (χ0n) is 9.79. The van der Waals surface area contributed by atoms with E-state index in [0.29, 0.717) is 5.69 Å². The van der Waals surface area contributed by atoms with Crippen molar-refractivity contribution in [3.8, 4) is 5.69 Å². The van der Waals surface area contributed by atoms with E-state index >= 15 is 0 Å². The summed E-state index contributed by atoms with van der Waals surface area (Å²) in [4.78, 5) is 15.0. The Labute approximate surface area is 99.5 Å². The van der Waals surface area contributed by atoms with E-state index in [2.05, 4.69) is 4.98 Å². The van der Waals surface area contributed by atoms with Gasteiger partial charge in [-0.15, -0.1) is 0 Å². The van der Waals surface area contributed by atoms with Crippen molar-refractivity contribution in [1.82, 2.24) is 9.55 Å². The van der Waals surface area contributed by atoms with Crippen molar-refractivity contribution in [2.45, 2.75) is 19.8 Å². The highest BCUT2D eigenvalue weighted by Gasteiger charge is 2.16. The van der Waals surface area contributed by atoms with Gasteiger partial charge in [-0.05, 0) is 26.0 Å². The normalized spacial score (nSPS) is 12.4. The Kier molecular flexibility index (Phi) is 2.95. The van der Waals surface area contributed by atoms with Crippen LogP contribution in [0.2, 0.25) is 0 Å². The molecule has 0 amide bonds. The lowest BCUT2D eigenvalue weighted by Crippen LogP contribution is -2.07. The highest BCUT2D eigenvalue weighted by atomic mass is 16.4. The molecule has 2 rings (SSSR count). The third-order valence-corrected chi connectivity index (χ3v) is 2.75. The summed E-state index contributed by atoms with van der Waals surface area (Å²) in [7, 11) is 0. The number of carboxylic acid groups (broad SMARTS) is 1. The number of aliphatic carboxylic acids is 1. The summed E-state index contributed by atoms with van der Waals surface area (Å²) in [6, 6.07) is 7.98. The Hall–Kier alpha value is -2.10. The summed E-state index contributed by atoms with van der Waals surface area (Å²) in [6.45, 7) is 3.65. The van der Waals surface area contributed by atoms with E-state index in [4.69, 9.17) is 5.11 Å². The van der Waals surface area contributed by atoms with E-state index in [1.807, 2.05) is 35.8 Å². The van der Waals surface area contributed by atoms with Crippen molar-refractivity contribution in [2.24, 2.45) is 0 Å². The second-order valence-electron chi connectivity index (χ2n) is 4.10. The number of carbonyl (C=O) groups is 1. The minimum Gasteiger partial charge on any atom is -0.481 e. The van der Waals surface area contributed by atoms with Gasteiger partial charge < -0.3 is 9.67 Å². The van der Waals surface area contributed by atoms with Gasteiger partial charge >= 0.3 is 5.97 Å². The van der Waals surface area contributed by atoms with E-state index in [9.17, 15) is 4.79 Å². The number of nitrogens with zero attached hydrogens (tertiary/aromatic N) is 2.